The lowest BCUT2D eigenvalue weighted by Gasteiger charge is -1.99. The molecular formula is C11H10N2O5. The number of nitro groups is 1. The Morgan fingerprint density at radius 2 is 2.06 bits per heavy atom. The van der Waals surface area contributed by atoms with Crippen LogP contribution in [-0.2, 0) is 9.53 Å². The molecule has 7 heteroatoms. The Kier molecular flexibility index (Phi) is 4.14. The smallest absolute Gasteiger partial charge is 0.330 e. The van der Waals surface area contributed by atoms with Gasteiger partial charge in [-0.15, -0.1) is 0 Å². The highest BCUT2D eigenvalue weighted by Gasteiger charge is 2.11. The van der Waals surface area contributed by atoms with Crippen LogP contribution in [0, 0.1) is 10.1 Å². The van der Waals surface area contributed by atoms with Crippen LogP contribution < -0.4 is 5.73 Å². The number of hydrogen-bond acceptors (Lipinski definition) is 5. The Bertz CT molecular complexity index is 504. The number of non-ortho nitro benzene ring substituents is 1. The summed E-state index contributed by atoms with van der Waals surface area (Å²) in [5, 5.41) is 10.7. The minimum Gasteiger partial charge on any atom is -0.466 e. The molecule has 0 saturated heterocycles. The molecule has 7 nitrogen and oxygen atoms in total. The van der Waals surface area contributed by atoms with Crippen LogP contribution in [0.25, 0.3) is 6.08 Å². The zero-order valence-corrected chi connectivity index (χ0v) is 9.45. The van der Waals surface area contributed by atoms with Gasteiger partial charge in [0, 0.05) is 23.8 Å². The van der Waals surface area contributed by atoms with Crippen molar-refractivity contribution < 1.29 is 19.2 Å². The first kappa shape index (κ1) is 13.4. The lowest BCUT2D eigenvalue weighted by molar-refractivity contribution is -0.384. The Morgan fingerprint density at radius 3 is 2.56 bits per heavy atom. The van der Waals surface area contributed by atoms with E-state index in [1.54, 1.807) is 0 Å². The molecule has 2 N–H and O–H groups in total. The van der Waals surface area contributed by atoms with E-state index in [1.165, 1.54) is 25.3 Å². The zero-order valence-electron chi connectivity index (χ0n) is 9.45. The van der Waals surface area contributed by atoms with Crippen molar-refractivity contribution in [2.45, 2.75) is 0 Å². The zero-order chi connectivity index (χ0) is 13.7. The maximum absolute atomic E-state index is 11.0. The molecule has 0 spiro atoms. The van der Waals surface area contributed by atoms with Crippen molar-refractivity contribution in [3.8, 4) is 0 Å². The van der Waals surface area contributed by atoms with Gasteiger partial charge in [0.2, 0.25) is 5.91 Å². The van der Waals surface area contributed by atoms with E-state index in [4.69, 9.17) is 5.73 Å². The van der Waals surface area contributed by atoms with Crippen LogP contribution in [0.5, 0.6) is 0 Å². The maximum Gasteiger partial charge on any atom is 0.330 e. The predicted octanol–water partition coefficient (Wildman–Crippen LogP) is 0.880. The number of nitro benzene ring substituents is 1. The SMILES string of the molecule is COC(=O)C=Cc1cc(C(N)=O)cc([N+](=O)[O-])c1. The lowest BCUT2D eigenvalue weighted by atomic mass is 10.1. The molecule has 0 aliphatic heterocycles. The third-order valence-electron chi connectivity index (χ3n) is 2.05. The fraction of sp³-hybridized carbons (Fsp3) is 0.0909. The number of carbonyl (C=O) groups is 2. The van der Waals surface area contributed by atoms with Gasteiger partial charge in [-0.1, -0.05) is 0 Å². The molecule has 18 heavy (non-hydrogen) atoms. The fourth-order valence-electron chi connectivity index (χ4n) is 1.21. The number of methoxy groups -OCH3 is 1. The number of hydrogen-bond donors (Lipinski definition) is 1. The van der Waals surface area contributed by atoms with Crippen LogP contribution in [-0.4, -0.2) is 23.9 Å². The van der Waals surface area contributed by atoms with Crippen molar-refractivity contribution in [2.24, 2.45) is 5.73 Å². The second-order valence-corrected chi connectivity index (χ2v) is 3.29. The molecule has 1 amide bonds. The molecule has 0 fully saturated rings. The van der Waals surface area contributed by atoms with E-state index >= 15 is 0 Å². The predicted molar refractivity (Wildman–Crippen MR) is 62.7 cm³/mol. The average Bonchev–Trinajstić information content (AvgIpc) is 2.35. The molecule has 0 aromatic heterocycles. The largest absolute Gasteiger partial charge is 0.466 e. The number of ether oxygens (including phenoxy) is 1. The van der Waals surface area contributed by atoms with Crippen LogP contribution in [0.2, 0.25) is 0 Å². The summed E-state index contributed by atoms with van der Waals surface area (Å²) in [5.74, 6) is -1.39. The molecule has 0 atom stereocenters. The van der Waals surface area contributed by atoms with Crippen LogP contribution in [0.3, 0.4) is 0 Å². The fourth-order valence-corrected chi connectivity index (χ4v) is 1.21. The maximum atomic E-state index is 11.0. The first-order chi connectivity index (χ1) is 8.43. The summed E-state index contributed by atoms with van der Waals surface area (Å²) in [6.07, 6.45) is 2.38. The van der Waals surface area contributed by atoms with Crippen molar-refractivity contribution in [3.63, 3.8) is 0 Å². The first-order valence-electron chi connectivity index (χ1n) is 4.79. The van der Waals surface area contributed by atoms with Gasteiger partial charge in [-0.25, -0.2) is 4.79 Å². The van der Waals surface area contributed by atoms with E-state index in [1.807, 2.05) is 0 Å². The van der Waals surface area contributed by atoms with E-state index in [9.17, 15) is 19.7 Å². The highest BCUT2D eigenvalue weighted by molar-refractivity contribution is 5.94. The summed E-state index contributed by atoms with van der Waals surface area (Å²) < 4.78 is 4.38. The number of nitrogens with zero attached hydrogens (tertiary/aromatic N) is 1. The monoisotopic (exact) mass is 250 g/mol. The average molecular weight is 250 g/mol. The number of carbonyl (C=O) groups excluding carboxylic acids is 2. The van der Waals surface area contributed by atoms with Crippen LogP contribution in [0.15, 0.2) is 24.3 Å². The summed E-state index contributed by atoms with van der Waals surface area (Å²) in [6, 6.07) is 3.62. The van der Waals surface area contributed by atoms with Crippen LogP contribution >= 0.6 is 0 Å². The highest BCUT2D eigenvalue weighted by Crippen LogP contribution is 2.18. The van der Waals surface area contributed by atoms with Gasteiger partial charge < -0.3 is 10.5 Å². The molecule has 0 aliphatic rings. The van der Waals surface area contributed by atoms with Gasteiger partial charge in [0.25, 0.3) is 5.69 Å². The highest BCUT2D eigenvalue weighted by atomic mass is 16.6. The Morgan fingerprint density at radius 1 is 1.39 bits per heavy atom. The first-order valence-corrected chi connectivity index (χ1v) is 4.79. The molecule has 1 rings (SSSR count). The molecule has 1 aromatic rings. The Balaban J connectivity index is 3.19. The number of amides is 1. The van der Waals surface area contributed by atoms with Gasteiger partial charge >= 0.3 is 5.97 Å². The van der Waals surface area contributed by atoms with Crippen molar-refractivity contribution in [1.82, 2.24) is 0 Å². The van der Waals surface area contributed by atoms with Gasteiger partial charge in [0.15, 0.2) is 0 Å². The second-order valence-electron chi connectivity index (χ2n) is 3.29. The molecule has 0 radical (unpaired) electrons. The molecule has 0 aliphatic carbocycles. The van der Waals surface area contributed by atoms with Gasteiger partial charge in [0.05, 0.1) is 12.0 Å². The van der Waals surface area contributed by atoms with E-state index in [2.05, 4.69) is 4.74 Å². The van der Waals surface area contributed by atoms with E-state index in [0.717, 1.165) is 12.1 Å². The van der Waals surface area contributed by atoms with E-state index in [0.29, 0.717) is 5.56 Å². The molecule has 0 saturated carbocycles. The van der Waals surface area contributed by atoms with E-state index < -0.39 is 16.8 Å². The minimum absolute atomic E-state index is 0.00582. The second kappa shape index (κ2) is 5.58. The van der Waals surface area contributed by atoms with Crippen LogP contribution in [0.1, 0.15) is 15.9 Å². The van der Waals surface area contributed by atoms with Crippen molar-refractivity contribution in [2.75, 3.05) is 7.11 Å². The van der Waals surface area contributed by atoms with Gasteiger partial charge in [-0.3, -0.25) is 14.9 Å². The quantitative estimate of drug-likeness (QED) is 0.369. The van der Waals surface area contributed by atoms with Crippen LogP contribution in [0.4, 0.5) is 5.69 Å². The molecule has 0 bridgehead atoms. The van der Waals surface area contributed by atoms with Crippen molar-refractivity contribution in [1.29, 1.82) is 0 Å². The standard InChI is InChI=1S/C11H10N2O5/c1-18-10(14)3-2-7-4-8(11(12)15)6-9(5-7)13(16)17/h2-6H,1H3,(H2,12,15). The molecule has 94 valence electrons. The minimum atomic E-state index is -0.786. The number of nitrogens with two attached hydrogens (primary N) is 1. The Hall–Kier alpha value is -2.70. The van der Waals surface area contributed by atoms with Gasteiger partial charge in [0.1, 0.15) is 0 Å². The Labute approximate surface area is 102 Å². The van der Waals surface area contributed by atoms with Crippen molar-refractivity contribution >= 4 is 23.6 Å². The lowest BCUT2D eigenvalue weighted by Crippen LogP contribution is -2.11. The van der Waals surface area contributed by atoms with Gasteiger partial charge in [-0.05, 0) is 17.7 Å². The summed E-state index contributed by atoms with van der Waals surface area (Å²) in [6.45, 7) is 0. The topological polar surface area (TPSA) is 113 Å². The van der Waals surface area contributed by atoms with Crippen molar-refractivity contribution in [3.05, 3.63) is 45.5 Å². The number of rotatable bonds is 4. The number of benzene rings is 1. The normalized spacial score (nSPS) is 10.3. The molecule has 1 aromatic carbocycles. The molecule has 0 heterocycles. The molecule has 0 unspecified atom stereocenters. The molecular weight excluding hydrogens is 240 g/mol. The third-order valence-corrected chi connectivity index (χ3v) is 2.05. The number of esters is 1. The summed E-state index contributed by atoms with van der Waals surface area (Å²) in [5.41, 5.74) is 5.08. The summed E-state index contributed by atoms with van der Waals surface area (Å²) >= 11 is 0. The van der Waals surface area contributed by atoms with Gasteiger partial charge in [-0.2, -0.15) is 0 Å². The summed E-state index contributed by atoms with van der Waals surface area (Å²) in [7, 11) is 1.20. The third kappa shape index (κ3) is 3.41. The van der Waals surface area contributed by atoms with E-state index in [-0.39, 0.29) is 11.3 Å². The summed E-state index contributed by atoms with van der Waals surface area (Å²) in [4.78, 5) is 31.9. The number of primary amides is 1.